The van der Waals surface area contributed by atoms with E-state index in [2.05, 4.69) is 0 Å². The number of hydrogen-bond donors (Lipinski definition) is 0. The Bertz CT molecular complexity index is 186. The van der Waals surface area contributed by atoms with Crippen molar-refractivity contribution >= 4 is 48.9 Å². The molecule has 0 aliphatic carbocycles. The van der Waals surface area contributed by atoms with Gasteiger partial charge in [-0.15, -0.1) is 0 Å². The van der Waals surface area contributed by atoms with Crippen LogP contribution in [-0.2, 0) is 24.9 Å². The van der Waals surface area contributed by atoms with Gasteiger partial charge >= 0.3 is 81.6 Å². The normalized spacial score (nSPS) is 16.0. The van der Waals surface area contributed by atoms with E-state index in [9.17, 15) is 0 Å². The summed E-state index contributed by atoms with van der Waals surface area (Å²) in [5.74, 6) is 0. The van der Waals surface area contributed by atoms with Crippen molar-refractivity contribution in [2.75, 3.05) is 0 Å². The van der Waals surface area contributed by atoms with Crippen LogP contribution in [0.25, 0.3) is 0 Å². The van der Waals surface area contributed by atoms with Gasteiger partial charge in [-0.05, 0) is 0 Å². The topological polar surface area (TPSA) is 97.3 Å². The van der Waals surface area contributed by atoms with Crippen LogP contribution in [0.4, 0.5) is 0 Å². The average molecular weight is 318 g/mol. The molecule has 0 aromatic rings. The molecule has 0 aliphatic heterocycles. The molecule has 0 N–H and O–H groups in total. The fraction of sp³-hybridized carbons (Fsp3) is 0. The second-order valence-corrected chi connectivity index (χ2v) is 3.49. The summed E-state index contributed by atoms with van der Waals surface area (Å²) in [5.41, 5.74) is 0. The van der Waals surface area contributed by atoms with Crippen molar-refractivity contribution in [1.82, 2.24) is 0 Å². The fourth-order valence-electron chi connectivity index (χ4n) is 0. The van der Waals surface area contributed by atoms with Gasteiger partial charge in [0.1, 0.15) is 0 Å². The van der Waals surface area contributed by atoms with Crippen molar-refractivity contribution in [3.8, 4) is 0 Å². The minimum atomic E-state index is -7.72. The standard InChI is InChI=1S/Ba.5O.Ru/q+2;;;;2*-1;. The molecule has 0 atom stereocenters. The summed E-state index contributed by atoms with van der Waals surface area (Å²) < 4.78 is 43.2. The van der Waals surface area contributed by atoms with Crippen LogP contribution in [0.2, 0.25) is 0 Å². The maximum atomic E-state index is 8.64. The van der Waals surface area contributed by atoms with Crippen LogP contribution in [0.1, 0.15) is 0 Å². The zero-order valence-corrected chi connectivity index (χ0v) is 9.28. The van der Waals surface area contributed by atoms with E-state index in [-0.39, 0.29) is 48.9 Å². The number of hydrogen-bond acceptors (Lipinski definition) is 5. The van der Waals surface area contributed by atoms with Crippen molar-refractivity contribution in [2.45, 2.75) is 0 Å². The molecule has 0 saturated heterocycles. The molecule has 7 heteroatoms. The third-order valence-electron chi connectivity index (χ3n) is 0. The molecule has 0 saturated carbocycles. The van der Waals surface area contributed by atoms with Crippen LogP contribution in [0.15, 0.2) is 0 Å². The van der Waals surface area contributed by atoms with Crippen molar-refractivity contribution in [2.24, 2.45) is 0 Å². The third-order valence-corrected chi connectivity index (χ3v) is 0. The van der Waals surface area contributed by atoms with E-state index in [4.69, 9.17) is 18.6 Å². The quantitative estimate of drug-likeness (QED) is 0.440. The molecule has 0 aromatic heterocycles. The van der Waals surface area contributed by atoms with Gasteiger partial charge in [0.15, 0.2) is 0 Å². The first kappa shape index (κ1) is 11.3. The van der Waals surface area contributed by atoms with Crippen LogP contribution >= 0.6 is 0 Å². The van der Waals surface area contributed by atoms with E-state index in [0.29, 0.717) is 0 Å². The molecule has 5 nitrogen and oxygen atoms in total. The molecule has 0 fully saturated rings. The first-order valence-corrected chi connectivity index (χ1v) is 4.27. The Labute approximate surface area is 80.1 Å². The zero-order valence-electron chi connectivity index (χ0n) is 3.10. The summed E-state index contributed by atoms with van der Waals surface area (Å²) in [6, 6.07) is 0. The first-order valence-electron chi connectivity index (χ1n) is 0.722. The van der Waals surface area contributed by atoms with Gasteiger partial charge in [0.2, 0.25) is 0 Å². The van der Waals surface area contributed by atoms with Gasteiger partial charge in [0, 0.05) is 0 Å². The molecule has 0 spiro atoms. The van der Waals surface area contributed by atoms with Crippen LogP contribution in [0.3, 0.4) is 0 Å². The zero-order chi connectivity index (χ0) is 5.45. The summed E-state index contributed by atoms with van der Waals surface area (Å²) in [6.45, 7) is 0. The molecular weight excluding hydrogens is 318 g/mol. The molecular formula is BaO5Ru. The van der Waals surface area contributed by atoms with E-state index in [0.717, 1.165) is 0 Å². The SMILES string of the molecule is [Ba+2].[O]=[Ru](=[O])(=[O])([O-])[O-]. The first-order chi connectivity index (χ1) is 2.24. The van der Waals surface area contributed by atoms with Gasteiger partial charge in [-0.25, -0.2) is 0 Å². The summed E-state index contributed by atoms with van der Waals surface area (Å²) in [7, 11) is 0. The summed E-state index contributed by atoms with van der Waals surface area (Å²) in [6.07, 6.45) is 0. The Morgan fingerprint density at radius 2 is 1.00 bits per heavy atom. The molecule has 40 valence electrons. The molecule has 7 heavy (non-hydrogen) atoms. The van der Waals surface area contributed by atoms with E-state index in [1.807, 2.05) is 0 Å². The molecule has 0 aliphatic rings. The van der Waals surface area contributed by atoms with Crippen molar-refractivity contribution in [1.29, 1.82) is 0 Å². The molecule has 0 rings (SSSR count). The van der Waals surface area contributed by atoms with Crippen molar-refractivity contribution in [3.63, 3.8) is 0 Å². The van der Waals surface area contributed by atoms with Crippen LogP contribution in [0.5, 0.6) is 0 Å². The molecule has 0 bridgehead atoms. The Balaban J connectivity index is 0. The second-order valence-electron chi connectivity index (χ2n) is 0.589. The summed E-state index contributed by atoms with van der Waals surface area (Å²) in [5, 5.41) is 0. The number of rotatable bonds is 0. The Morgan fingerprint density at radius 1 is 1.00 bits per heavy atom. The van der Waals surface area contributed by atoms with Crippen molar-refractivity contribution < 1.29 is 32.8 Å². The fourth-order valence-corrected chi connectivity index (χ4v) is 0. The second kappa shape index (κ2) is 2.41. The maximum absolute atomic E-state index is 8.64. The molecule has 0 unspecified atom stereocenters. The molecule has 0 aromatic carbocycles. The van der Waals surface area contributed by atoms with Gasteiger partial charge in [-0.2, -0.15) is 0 Å². The van der Waals surface area contributed by atoms with E-state index < -0.39 is 14.2 Å². The third kappa shape index (κ3) is 99.6. The Kier molecular flexibility index (Phi) is 3.89. The van der Waals surface area contributed by atoms with Crippen LogP contribution in [0, 0.1) is 0 Å². The Hall–Kier alpha value is 1.51. The van der Waals surface area contributed by atoms with Gasteiger partial charge in [-0.1, -0.05) is 0 Å². The van der Waals surface area contributed by atoms with E-state index >= 15 is 0 Å². The summed E-state index contributed by atoms with van der Waals surface area (Å²) >= 11 is -7.72. The predicted octanol–water partition coefficient (Wildman–Crippen LogP) is -3.12. The van der Waals surface area contributed by atoms with Gasteiger partial charge in [-0.3, -0.25) is 0 Å². The molecule has 0 amide bonds. The Morgan fingerprint density at radius 3 is 1.00 bits per heavy atom. The van der Waals surface area contributed by atoms with Crippen molar-refractivity contribution in [3.05, 3.63) is 0 Å². The van der Waals surface area contributed by atoms with E-state index in [1.54, 1.807) is 0 Å². The minimum absolute atomic E-state index is 0. The molecule has 0 radical (unpaired) electrons. The van der Waals surface area contributed by atoms with Gasteiger partial charge in [0.05, 0.1) is 0 Å². The molecule has 0 heterocycles. The van der Waals surface area contributed by atoms with E-state index in [1.165, 1.54) is 0 Å². The van der Waals surface area contributed by atoms with Crippen LogP contribution < -0.4 is 7.87 Å². The van der Waals surface area contributed by atoms with Gasteiger partial charge < -0.3 is 0 Å². The average Bonchev–Trinajstić information content (AvgIpc) is 0.650. The predicted molar refractivity (Wildman–Crippen MR) is 7.81 cm³/mol. The monoisotopic (exact) mass is 320 g/mol. The van der Waals surface area contributed by atoms with Gasteiger partial charge in [0.25, 0.3) is 0 Å². The van der Waals surface area contributed by atoms with Crippen LogP contribution in [-0.4, -0.2) is 48.9 Å². The summed E-state index contributed by atoms with van der Waals surface area (Å²) in [4.78, 5) is 0.